The molecule has 70 valence electrons. The first-order chi connectivity index (χ1) is 6.09. The van der Waals surface area contributed by atoms with E-state index in [2.05, 4.69) is 5.43 Å². The Morgan fingerprint density at radius 3 is 2.23 bits per heavy atom. The van der Waals surface area contributed by atoms with E-state index in [1.165, 1.54) is 0 Å². The zero-order chi connectivity index (χ0) is 9.84. The van der Waals surface area contributed by atoms with E-state index in [9.17, 15) is 0 Å². The van der Waals surface area contributed by atoms with Crippen LogP contribution in [0.5, 0.6) is 0 Å². The van der Waals surface area contributed by atoms with Crippen LogP contribution in [0, 0.1) is 0 Å². The van der Waals surface area contributed by atoms with Crippen LogP contribution >= 0.6 is 12.2 Å². The van der Waals surface area contributed by atoms with E-state index >= 15 is 0 Å². The average molecular weight is 195 g/mol. The molecule has 1 aromatic rings. The third kappa shape index (κ3) is 3.01. The van der Waals surface area contributed by atoms with Crippen molar-refractivity contribution in [3.05, 3.63) is 29.8 Å². The fourth-order valence-corrected chi connectivity index (χ4v) is 1.10. The summed E-state index contributed by atoms with van der Waals surface area (Å²) in [7, 11) is 3.86. The van der Waals surface area contributed by atoms with Crippen molar-refractivity contribution < 1.29 is 0 Å². The van der Waals surface area contributed by atoms with E-state index in [-0.39, 0.29) is 0 Å². The van der Waals surface area contributed by atoms with E-state index in [4.69, 9.17) is 18.0 Å². The first-order valence-electron chi connectivity index (χ1n) is 3.93. The van der Waals surface area contributed by atoms with Gasteiger partial charge in [0, 0.05) is 25.3 Å². The Morgan fingerprint density at radius 2 is 1.85 bits per heavy atom. The molecule has 0 radical (unpaired) electrons. The number of hydrogen-bond acceptors (Lipinski definition) is 3. The molecule has 0 saturated carbocycles. The maximum absolute atomic E-state index is 5.47. The van der Waals surface area contributed by atoms with Crippen molar-refractivity contribution in [1.82, 2.24) is 5.01 Å². The summed E-state index contributed by atoms with van der Waals surface area (Å²) in [5.74, 6) is 0. The highest BCUT2D eigenvalue weighted by atomic mass is 32.1. The first-order valence-corrected chi connectivity index (χ1v) is 4.34. The molecule has 0 unspecified atom stereocenters. The Hall–Kier alpha value is -1.13. The number of hydrogen-bond donors (Lipinski definition) is 2. The molecule has 1 aromatic carbocycles. The van der Waals surface area contributed by atoms with Gasteiger partial charge in [0.05, 0.1) is 0 Å². The minimum atomic E-state index is 0.427. The van der Waals surface area contributed by atoms with Crippen molar-refractivity contribution in [3.63, 3.8) is 0 Å². The second kappa shape index (κ2) is 4.20. The van der Waals surface area contributed by atoms with Crippen LogP contribution in [0.15, 0.2) is 24.3 Å². The summed E-state index contributed by atoms with van der Waals surface area (Å²) < 4.78 is 0. The number of nitrogens with zero attached hydrogens (tertiary/aromatic N) is 1. The summed E-state index contributed by atoms with van der Waals surface area (Å²) in [4.78, 5) is 0.427. The van der Waals surface area contributed by atoms with Gasteiger partial charge in [-0.3, -0.25) is 0 Å². The molecule has 0 aromatic heterocycles. The lowest BCUT2D eigenvalue weighted by molar-refractivity contribution is 0.495. The fraction of sp³-hybridized carbons (Fsp3) is 0.222. The Bertz CT molecular complexity index is 292. The van der Waals surface area contributed by atoms with Gasteiger partial charge in [-0.25, -0.2) is 5.01 Å². The molecule has 3 nitrogen and oxygen atoms in total. The molecule has 0 spiro atoms. The molecule has 0 heterocycles. The van der Waals surface area contributed by atoms with Crippen molar-refractivity contribution >= 4 is 22.9 Å². The lowest BCUT2D eigenvalue weighted by Gasteiger charge is -2.13. The first kappa shape index (κ1) is 9.95. The van der Waals surface area contributed by atoms with Crippen molar-refractivity contribution in [2.45, 2.75) is 0 Å². The van der Waals surface area contributed by atoms with Gasteiger partial charge >= 0.3 is 0 Å². The molecule has 13 heavy (non-hydrogen) atoms. The van der Waals surface area contributed by atoms with E-state index in [0.29, 0.717) is 4.99 Å². The normalized spacial score (nSPS) is 10.1. The largest absolute Gasteiger partial charge is 0.389 e. The molecule has 0 saturated heterocycles. The van der Waals surface area contributed by atoms with Crippen molar-refractivity contribution in [2.24, 2.45) is 5.73 Å². The van der Waals surface area contributed by atoms with E-state index < -0.39 is 0 Å². The molecule has 0 amide bonds. The summed E-state index contributed by atoms with van der Waals surface area (Å²) in [6.45, 7) is 0. The van der Waals surface area contributed by atoms with Crippen molar-refractivity contribution in [2.75, 3.05) is 19.5 Å². The average Bonchev–Trinajstić information content (AvgIpc) is 2.04. The Morgan fingerprint density at radius 1 is 1.31 bits per heavy atom. The maximum Gasteiger partial charge on any atom is 0.103 e. The van der Waals surface area contributed by atoms with Gasteiger partial charge in [-0.1, -0.05) is 12.2 Å². The number of benzene rings is 1. The van der Waals surface area contributed by atoms with Crippen molar-refractivity contribution in [3.8, 4) is 0 Å². The highest BCUT2D eigenvalue weighted by molar-refractivity contribution is 7.80. The number of anilines is 1. The van der Waals surface area contributed by atoms with E-state index in [1.54, 1.807) is 0 Å². The molecule has 3 N–H and O–H groups in total. The quantitative estimate of drug-likeness (QED) is 0.562. The molecule has 0 bridgehead atoms. The number of thiocarbonyl (C=S) groups is 1. The van der Waals surface area contributed by atoms with Crippen LogP contribution in [0.3, 0.4) is 0 Å². The van der Waals surface area contributed by atoms with Crippen LogP contribution in [0.1, 0.15) is 5.56 Å². The summed E-state index contributed by atoms with van der Waals surface area (Å²) in [5, 5.41) is 1.87. The zero-order valence-electron chi connectivity index (χ0n) is 7.74. The van der Waals surface area contributed by atoms with Gasteiger partial charge in [-0.15, -0.1) is 0 Å². The summed E-state index contributed by atoms with van der Waals surface area (Å²) in [6.07, 6.45) is 0. The highest BCUT2D eigenvalue weighted by Crippen LogP contribution is 2.09. The number of hydrazine groups is 1. The van der Waals surface area contributed by atoms with Gasteiger partial charge in [0.1, 0.15) is 4.99 Å². The number of rotatable bonds is 3. The second-order valence-electron chi connectivity index (χ2n) is 2.95. The van der Waals surface area contributed by atoms with E-state index in [0.717, 1.165) is 11.3 Å². The summed E-state index contributed by atoms with van der Waals surface area (Å²) >= 11 is 4.84. The lowest BCUT2D eigenvalue weighted by atomic mass is 10.2. The molecule has 1 rings (SSSR count). The van der Waals surface area contributed by atoms with Gasteiger partial charge in [0.2, 0.25) is 0 Å². The van der Waals surface area contributed by atoms with Gasteiger partial charge < -0.3 is 11.2 Å². The van der Waals surface area contributed by atoms with Crippen LogP contribution in [0.2, 0.25) is 0 Å². The van der Waals surface area contributed by atoms with Crippen LogP contribution < -0.4 is 11.2 Å². The molecule has 0 fully saturated rings. The van der Waals surface area contributed by atoms with Crippen LogP contribution in [0.4, 0.5) is 5.69 Å². The molecular weight excluding hydrogens is 182 g/mol. The highest BCUT2D eigenvalue weighted by Gasteiger charge is 1.96. The molecule has 0 aliphatic heterocycles. The van der Waals surface area contributed by atoms with Gasteiger partial charge in [-0.2, -0.15) is 0 Å². The third-order valence-electron chi connectivity index (χ3n) is 1.52. The standard InChI is InChI=1S/C9H13N3S/c1-12(2)11-8-5-3-7(4-6-8)9(10)13/h3-6,11H,1-2H3,(H2,10,13). The minimum absolute atomic E-state index is 0.427. The third-order valence-corrected chi connectivity index (χ3v) is 1.76. The summed E-state index contributed by atoms with van der Waals surface area (Å²) in [5.41, 5.74) is 10.5. The fourth-order valence-electron chi connectivity index (χ4n) is 0.967. The molecule has 0 aliphatic carbocycles. The molecule has 4 heteroatoms. The Labute approximate surface area is 83.5 Å². The smallest absolute Gasteiger partial charge is 0.103 e. The van der Waals surface area contributed by atoms with Crippen LogP contribution in [0.25, 0.3) is 0 Å². The molecule has 0 aliphatic rings. The summed E-state index contributed by atoms with van der Waals surface area (Å²) in [6, 6.07) is 7.67. The second-order valence-corrected chi connectivity index (χ2v) is 3.39. The Balaban J connectivity index is 2.75. The van der Waals surface area contributed by atoms with Crippen LogP contribution in [-0.4, -0.2) is 24.1 Å². The Kier molecular flexibility index (Phi) is 3.22. The van der Waals surface area contributed by atoms with Gasteiger partial charge in [-0.05, 0) is 24.3 Å². The number of nitrogens with two attached hydrogens (primary N) is 1. The molecular formula is C9H13N3S. The lowest BCUT2D eigenvalue weighted by Crippen LogP contribution is -2.19. The molecule has 0 atom stereocenters. The van der Waals surface area contributed by atoms with Gasteiger partial charge in [0.25, 0.3) is 0 Å². The predicted octanol–water partition coefficient (Wildman–Crippen LogP) is 1.21. The van der Waals surface area contributed by atoms with Crippen molar-refractivity contribution in [1.29, 1.82) is 0 Å². The monoisotopic (exact) mass is 195 g/mol. The van der Waals surface area contributed by atoms with Gasteiger partial charge in [0.15, 0.2) is 0 Å². The predicted molar refractivity (Wildman–Crippen MR) is 59.6 cm³/mol. The topological polar surface area (TPSA) is 41.3 Å². The minimum Gasteiger partial charge on any atom is -0.389 e. The maximum atomic E-state index is 5.47. The van der Waals surface area contributed by atoms with E-state index in [1.807, 2.05) is 43.4 Å². The number of nitrogens with one attached hydrogen (secondary N) is 1. The SMILES string of the molecule is CN(C)Nc1ccc(C(N)=S)cc1. The van der Waals surface area contributed by atoms with Crippen LogP contribution in [-0.2, 0) is 0 Å². The zero-order valence-corrected chi connectivity index (χ0v) is 8.56.